The summed E-state index contributed by atoms with van der Waals surface area (Å²) >= 11 is 0. The van der Waals surface area contributed by atoms with E-state index in [1.54, 1.807) is 6.07 Å². The van der Waals surface area contributed by atoms with Gasteiger partial charge in [-0.15, -0.1) is 0 Å². The van der Waals surface area contributed by atoms with Crippen LogP contribution in [-0.2, 0) is 13.2 Å². The zero-order valence-corrected chi connectivity index (χ0v) is 14.9. The molecule has 0 saturated heterocycles. The van der Waals surface area contributed by atoms with Crippen LogP contribution in [0.3, 0.4) is 0 Å². The minimum atomic E-state index is -0.316. The molecular weight excluding hydrogens is 321 g/mol. The number of nitrogens with one attached hydrogen (secondary N) is 1. The van der Waals surface area contributed by atoms with Crippen LogP contribution >= 0.6 is 0 Å². The standard InChI is InChI=1S/C19H26FN3O2/c1-21-12-16-11-19(23(22-16)17-6-4-3-5-7-17)25-13-14-8-9-15(20)10-18(14)24-2/h8-11,17,21H,3-7,12-13H2,1-2H3. The summed E-state index contributed by atoms with van der Waals surface area (Å²) in [7, 11) is 3.44. The van der Waals surface area contributed by atoms with E-state index in [9.17, 15) is 4.39 Å². The molecule has 1 saturated carbocycles. The fourth-order valence-electron chi connectivity index (χ4n) is 3.38. The average molecular weight is 347 g/mol. The van der Waals surface area contributed by atoms with Crippen LogP contribution in [0.2, 0.25) is 0 Å². The second-order valence-corrected chi connectivity index (χ2v) is 6.49. The highest BCUT2D eigenvalue weighted by atomic mass is 19.1. The number of hydrogen-bond donors (Lipinski definition) is 1. The molecule has 5 nitrogen and oxygen atoms in total. The molecule has 25 heavy (non-hydrogen) atoms. The third-order valence-electron chi connectivity index (χ3n) is 4.66. The summed E-state index contributed by atoms with van der Waals surface area (Å²) in [4.78, 5) is 0. The van der Waals surface area contributed by atoms with Crippen LogP contribution in [0.1, 0.15) is 49.4 Å². The number of methoxy groups -OCH3 is 1. The van der Waals surface area contributed by atoms with E-state index in [0.717, 1.165) is 30.0 Å². The van der Waals surface area contributed by atoms with Crippen molar-refractivity contribution in [2.75, 3.05) is 14.2 Å². The van der Waals surface area contributed by atoms with Gasteiger partial charge in [-0.05, 0) is 32.0 Å². The Kier molecular flexibility index (Phi) is 5.91. The summed E-state index contributed by atoms with van der Waals surface area (Å²) < 4.78 is 26.7. The maximum Gasteiger partial charge on any atom is 0.212 e. The number of rotatable bonds is 7. The predicted octanol–water partition coefficient (Wildman–Crippen LogP) is 3.83. The van der Waals surface area contributed by atoms with Gasteiger partial charge in [0.2, 0.25) is 5.88 Å². The Morgan fingerprint density at radius 2 is 2.04 bits per heavy atom. The van der Waals surface area contributed by atoms with E-state index in [1.165, 1.54) is 38.5 Å². The molecule has 0 amide bonds. The number of ether oxygens (including phenoxy) is 2. The molecule has 1 N–H and O–H groups in total. The fraction of sp³-hybridized carbons (Fsp3) is 0.526. The summed E-state index contributed by atoms with van der Waals surface area (Å²) in [6.07, 6.45) is 6.03. The molecule has 1 aliphatic carbocycles. The van der Waals surface area contributed by atoms with E-state index >= 15 is 0 Å². The van der Waals surface area contributed by atoms with Gasteiger partial charge in [-0.25, -0.2) is 9.07 Å². The molecule has 0 unspecified atom stereocenters. The highest BCUT2D eigenvalue weighted by Crippen LogP contribution is 2.32. The van der Waals surface area contributed by atoms with E-state index in [0.29, 0.717) is 24.9 Å². The molecule has 1 aliphatic rings. The number of nitrogens with zero attached hydrogens (tertiary/aromatic N) is 2. The van der Waals surface area contributed by atoms with E-state index in [4.69, 9.17) is 14.6 Å². The van der Waals surface area contributed by atoms with Gasteiger partial charge in [0.05, 0.1) is 18.8 Å². The summed E-state index contributed by atoms with van der Waals surface area (Å²) in [5.41, 5.74) is 1.78. The Morgan fingerprint density at radius 3 is 2.76 bits per heavy atom. The summed E-state index contributed by atoms with van der Waals surface area (Å²) in [6.45, 7) is 1.02. The quantitative estimate of drug-likeness (QED) is 0.827. The topological polar surface area (TPSA) is 48.3 Å². The van der Waals surface area contributed by atoms with Crippen molar-refractivity contribution in [3.63, 3.8) is 0 Å². The lowest BCUT2D eigenvalue weighted by molar-refractivity contribution is 0.234. The number of aromatic nitrogens is 2. The second kappa shape index (κ2) is 8.34. The zero-order valence-electron chi connectivity index (χ0n) is 14.9. The van der Waals surface area contributed by atoms with Gasteiger partial charge in [0, 0.05) is 24.2 Å². The smallest absolute Gasteiger partial charge is 0.212 e. The van der Waals surface area contributed by atoms with Crippen LogP contribution < -0.4 is 14.8 Å². The molecule has 3 rings (SSSR count). The molecule has 0 aliphatic heterocycles. The number of benzene rings is 1. The first-order valence-corrected chi connectivity index (χ1v) is 8.89. The lowest BCUT2D eigenvalue weighted by atomic mass is 9.96. The molecule has 0 radical (unpaired) electrons. The summed E-state index contributed by atoms with van der Waals surface area (Å²) in [5, 5.41) is 7.86. The monoisotopic (exact) mass is 347 g/mol. The van der Waals surface area contributed by atoms with Crippen molar-refractivity contribution in [3.8, 4) is 11.6 Å². The third-order valence-corrected chi connectivity index (χ3v) is 4.66. The lowest BCUT2D eigenvalue weighted by Gasteiger charge is -2.23. The van der Waals surface area contributed by atoms with Gasteiger partial charge in [0.1, 0.15) is 18.2 Å². The van der Waals surface area contributed by atoms with Crippen molar-refractivity contribution in [2.24, 2.45) is 0 Å². The fourth-order valence-corrected chi connectivity index (χ4v) is 3.38. The molecular formula is C19H26FN3O2. The first kappa shape index (κ1) is 17.7. The average Bonchev–Trinajstić information content (AvgIpc) is 3.04. The number of hydrogen-bond acceptors (Lipinski definition) is 4. The molecule has 0 bridgehead atoms. The van der Waals surface area contributed by atoms with Crippen LogP contribution in [0.15, 0.2) is 24.3 Å². The minimum Gasteiger partial charge on any atom is -0.496 e. The predicted molar refractivity (Wildman–Crippen MR) is 94.4 cm³/mol. The van der Waals surface area contributed by atoms with Crippen molar-refractivity contribution in [2.45, 2.75) is 51.3 Å². The Balaban J connectivity index is 1.78. The van der Waals surface area contributed by atoms with Gasteiger partial charge in [-0.1, -0.05) is 19.3 Å². The minimum absolute atomic E-state index is 0.316. The van der Waals surface area contributed by atoms with Crippen LogP contribution in [0.25, 0.3) is 0 Å². The Morgan fingerprint density at radius 1 is 1.24 bits per heavy atom. The maximum atomic E-state index is 13.4. The van der Waals surface area contributed by atoms with Gasteiger partial charge in [-0.3, -0.25) is 0 Å². The van der Waals surface area contributed by atoms with Crippen LogP contribution in [0.4, 0.5) is 4.39 Å². The lowest BCUT2D eigenvalue weighted by Crippen LogP contribution is -2.16. The first-order chi connectivity index (χ1) is 12.2. The van der Waals surface area contributed by atoms with Crippen LogP contribution in [0.5, 0.6) is 11.6 Å². The van der Waals surface area contributed by atoms with Crippen molar-refractivity contribution in [1.29, 1.82) is 0 Å². The normalized spacial score (nSPS) is 15.3. The van der Waals surface area contributed by atoms with E-state index < -0.39 is 0 Å². The van der Waals surface area contributed by atoms with Crippen LogP contribution in [-0.4, -0.2) is 23.9 Å². The van der Waals surface area contributed by atoms with Gasteiger partial charge in [0.15, 0.2) is 0 Å². The molecule has 0 spiro atoms. The summed E-state index contributed by atoms with van der Waals surface area (Å²) in [5.74, 6) is 0.951. The van der Waals surface area contributed by atoms with Crippen molar-refractivity contribution < 1.29 is 13.9 Å². The van der Waals surface area contributed by atoms with Gasteiger partial charge in [0.25, 0.3) is 0 Å². The third kappa shape index (κ3) is 4.31. The Hall–Kier alpha value is -2.08. The molecule has 1 aromatic heterocycles. The Labute approximate surface area is 148 Å². The molecule has 1 aromatic carbocycles. The molecule has 136 valence electrons. The highest BCUT2D eigenvalue weighted by Gasteiger charge is 2.21. The molecule has 2 aromatic rings. The van der Waals surface area contributed by atoms with Gasteiger partial charge < -0.3 is 14.8 Å². The van der Waals surface area contributed by atoms with E-state index in [1.807, 2.05) is 17.8 Å². The van der Waals surface area contributed by atoms with Crippen LogP contribution in [0, 0.1) is 5.82 Å². The SMILES string of the molecule is CNCc1cc(OCc2ccc(F)cc2OC)n(C2CCCCC2)n1. The zero-order chi connectivity index (χ0) is 17.6. The second-order valence-electron chi connectivity index (χ2n) is 6.49. The summed E-state index contributed by atoms with van der Waals surface area (Å²) in [6, 6.07) is 6.88. The maximum absolute atomic E-state index is 13.4. The first-order valence-electron chi connectivity index (χ1n) is 8.89. The number of halogens is 1. The van der Waals surface area contributed by atoms with Crippen molar-refractivity contribution in [1.82, 2.24) is 15.1 Å². The Bertz CT molecular complexity index is 696. The highest BCUT2D eigenvalue weighted by molar-refractivity contribution is 5.34. The van der Waals surface area contributed by atoms with E-state index in [-0.39, 0.29) is 5.82 Å². The molecule has 6 heteroatoms. The molecule has 1 heterocycles. The van der Waals surface area contributed by atoms with Crippen molar-refractivity contribution >= 4 is 0 Å². The molecule has 1 fully saturated rings. The molecule has 0 atom stereocenters. The largest absolute Gasteiger partial charge is 0.496 e. The van der Waals surface area contributed by atoms with Gasteiger partial charge in [-0.2, -0.15) is 5.10 Å². The van der Waals surface area contributed by atoms with Gasteiger partial charge >= 0.3 is 0 Å². The van der Waals surface area contributed by atoms with E-state index in [2.05, 4.69) is 5.32 Å². The van der Waals surface area contributed by atoms with Crippen molar-refractivity contribution in [3.05, 3.63) is 41.3 Å².